The fraction of sp³-hybridized carbons (Fsp3) is 0.304. The molecular weight excluding hydrogens is 382 g/mol. The lowest BCUT2D eigenvalue weighted by Gasteiger charge is -2.19. The topological polar surface area (TPSA) is 52.7 Å². The van der Waals surface area contributed by atoms with Crippen molar-refractivity contribution in [2.45, 2.75) is 12.3 Å². The molecule has 3 aromatic rings. The first kappa shape index (κ1) is 19.5. The minimum absolute atomic E-state index is 0.0512. The highest BCUT2D eigenvalue weighted by atomic mass is 32.1. The number of nitrogens with one attached hydrogen (secondary N) is 1. The van der Waals surface area contributed by atoms with Crippen molar-refractivity contribution >= 4 is 38.9 Å². The molecule has 0 unspecified atom stereocenters. The van der Waals surface area contributed by atoms with Crippen LogP contribution >= 0.6 is 11.3 Å². The third kappa shape index (κ3) is 3.60. The average molecular weight is 408 g/mol. The van der Waals surface area contributed by atoms with E-state index in [9.17, 15) is 9.59 Å². The molecule has 1 saturated heterocycles. The number of hydrogen-bond donors (Lipinski definition) is 1. The van der Waals surface area contributed by atoms with Gasteiger partial charge in [-0.25, -0.2) is 0 Å². The molecule has 29 heavy (non-hydrogen) atoms. The van der Waals surface area contributed by atoms with E-state index in [1.54, 1.807) is 7.05 Å². The molecule has 0 bridgehead atoms. The number of amides is 2. The van der Waals surface area contributed by atoms with E-state index in [0.29, 0.717) is 18.7 Å². The number of nitrogens with zero attached hydrogens (tertiary/aromatic N) is 2. The number of hydrogen-bond acceptors (Lipinski definition) is 4. The summed E-state index contributed by atoms with van der Waals surface area (Å²) in [6, 6.07) is 15.9. The van der Waals surface area contributed by atoms with Gasteiger partial charge in [-0.15, -0.1) is 11.3 Å². The maximum Gasteiger partial charge on any atom is 0.261 e. The first-order valence-electron chi connectivity index (χ1n) is 9.79. The van der Waals surface area contributed by atoms with Crippen molar-refractivity contribution in [3.05, 3.63) is 64.5 Å². The first-order chi connectivity index (χ1) is 14.0. The largest absolute Gasteiger partial charge is 0.378 e. The van der Waals surface area contributed by atoms with Gasteiger partial charge in [0.1, 0.15) is 0 Å². The van der Waals surface area contributed by atoms with Gasteiger partial charge in [-0.2, -0.15) is 0 Å². The summed E-state index contributed by atoms with van der Waals surface area (Å²) in [6.45, 7) is 1.34. The highest BCUT2D eigenvalue weighted by Gasteiger charge is 2.32. The molecule has 2 heterocycles. The summed E-state index contributed by atoms with van der Waals surface area (Å²) in [5.74, 6) is 0.168. The van der Waals surface area contributed by atoms with Gasteiger partial charge in [0.15, 0.2) is 0 Å². The Morgan fingerprint density at radius 2 is 1.93 bits per heavy atom. The van der Waals surface area contributed by atoms with E-state index in [2.05, 4.69) is 17.4 Å². The summed E-state index contributed by atoms with van der Waals surface area (Å²) in [7, 11) is 5.60. The van der Waals surface area contributed by atoms with Crippen LogP contribution in [0.4, 0.5) is 5.69 Å². The van der Waals surface area contributed by atoms with Gasteiger partial charge in [0.2, 0.25) is 0 Å². The van der Waals surface area contributed by atoms with Crippen LogP contribution in [0.15, 0.2) is 48.5 Å². The van der Waals surface area contributed by atoms with Crippen molar-refractivity contribution in [3.8, 4) is 0 Å². The van der Waals surface area contributed by atoms with E-state index in [4.69, 9.17) is 0 Å². The summed E-state index contributed by atoms with van der Waals surface area (Å²) in [4.78, 5) is 30.3. The van der Waals surface area contributed by atoms with Crippen LogP contribution in [0.3, 0.4) is 0 Å². The molecule has 6 heteroatoms. The van der Waals surface area contributed by atoms with E-state index in [1.165, 1.54) is 11.3 Å². The van der Waals surface area contributed by atoms with E-state index >= 15 is 0 Å². The molecule has 2 amide bonds. The Balaban J connectivity index is 1.63. The number of thiophene rings is 1. The first-order valence-corrected chi connectivity index (χ1v) is 10.6. The molecule has 1 aliphatic rings. The van der Waals surface area contributed by atoms with Gasteiger partial charge < -0.3 is 15.1 Å². The lowest BCUT2D eigenvalue weighted by atomic mass is 9.95. The van der Waals surface area contributed by atoms with Crippen LogP contribution in [-0.2, 0) is 0 Å². The molecule has 0 radical (unpaired) electrons. The molecule has 0 aliphatic carbocycles. The van der Waals surface area contributed by atoms with E-state index < -0.39 is 0 Å². The predicted octanol–water partition coefficient (Wildman–Crippen LogP) is 3.96. The number of carbonyl (C=O) groups is 2. The van der Waals surface area contributed by atoms with Crippen molar-refractivity contribution in [1.82, 2.24) is 10.2 Å². The molecule has 2 aromatic carbocycles. The van der Waals surface area contributed by atoms with Gasteiger partial charge in [-0.3, -0.25) is 9.59 Å². The second-order valence-electron chi connectivity index (χ2n) is 7.60. The molecule has 0 saturated carbocycles. The Kier molecular flexibility index (Phi) is 5.28. The van der Waals surface area contributed by atoms with Crippen LogP contribution in [0.5, 0.6) is 0 Å². The lowest BCUT2D eigenvalue weighted by molar-refractivity contribution is 0.0791. The molecule has 4 rings (SSSR count). The SMILES string of the molecule is CNC(=O)c1sc2ccccc2c1[C@H]1CCN(C(=O)c2cccc(N(C)C)c2)C1. The van der Waals surface area contributed by atoms with Crippen molar-refractivity contribution in [2.75, 3.05) is 39.1 Å². The minimum Gasteiger partial charge on any atom is -0.378 e. The summed E-state index contributed by atoms with van der Waals surface area (Å²) in [6.07, 6.45) is 0.865. The molecule has 5 nitrogen and oxygen atoms in total. The van der Waals surface area contributed by atoms with E-state index in [1.807, 2.05) is 60.3 Å². The van der Waals surface area contributed by atoms with Crippen LogP contribution in [0.2, 0.25) is 0 Å². The van der Waals surface area contributed by atoms with Gasteiger partial charge in [0, 0.05) is 56.1 Å². The molecule has 1 fully saturated rings. The Morgan fingerprint density at radius 1 is 1.14 bits per heavy atom. The third-order valence-corrected chi connectivity index (χ3v) is 6.75. The van der Waals surface area contributed by atoms with Gasteiger partial charge in [0.05, 0.1) is 4.88 Å². The third-order valence-electron chi connectivity index (χ3n) is 5.56. The number of anilines is 1. The van der Waals surface area contributed by atoms with E-state index in [-0.39, 0.29) is 17.7 Å². The standard InChI is InChI=1S/C23H25N3O2S/c1-24-22(27)21-20(18-9-4-5-10-19(18)29-21)16-11-12-26(14-16)23(28)15-7-6-8-17(13-15)25(2)3/h4-10,13,16H,11-12,14H2,1-3H3,(H,24,27)/t16-/m0/s1. The van der Waals surface area contributed by atoms with Gasteiger partial charge >= 0.3 is 0 Å². The van der Waals surface area contributed by atoms with Crippen LogP contribution < -0.4 is 10.2 Å². The van der Waals surface area contributed by atoms with Crippen LogP contribution in [0, 0.1) is 0 Å². The zero-order valence-corrected chi connectivity index (χ0v) is 17.8. The molecule has 1 N–H and O–H groups in total. The van der Waals surface area contributed by atoms with Crippen LogP contribution in [-0.4, -0.2) is 50.9 Å². The smallest absolute Gasteiger partial charge is 0.261 e. The number of fused-ring (bicyclic) bond motifs is 1. The van der Waals surface area contributed by atoms with Crippen LogP contribution in [0.1, 0.15) is 37.9 Å². The Labute approximate surface area is 174 Å². The van der Waals surface area contributed by atoms with Crippen molar-refractivity contribution in [3.63, 3.8) is 0 Å². The Bertz CT molecular complexity index is 1070. The number of benzene rings is 2. The Morgan fingerprint density at radius 3 is 2.69 bits per heavy atom. The highest BCUT2D eigenvalue weighted by Crippen LogP contribution is 2.40. The second kappa shape index (κ2) is 7.87. The van der Waals surface area contributed by atoms with Crippen LogP contribution in [0.25, 0.3) is 10.1 Å². The quantitative estimate of drug-likeness (QED) is 0.712. The highest BCUT2D eigenvalue weighted by molar-refractivity contribution is 7.21. The fourth-order valence-electron chi connectivity index (χ4n) is 4.03. The average Bonchev–Trinajstić information content (AvgIpc) is 3.37. The zero-order valence-electron chi connectivity index (χ0n) is 16.9. The van der Waals surface area contributed by atoms with Gasteiger partial charge in [0.25, 0.3) is 11.8 Å². The number of likely N-dealkylation sites (tertiary alicyclic amines) is 1. The maximum atomic E-state index is 13.1. The normalized spacial score (nSPS) is 16.2. The predicted molar refractivity (Wildman–Crippen MR) is 119 cm³/mol. The molecular formula is C23H25N3O2S. The maximum absolute atomic E-state index is 13.1. The van der Waals surface area contributed by atoms with Crippen molar-refractivity contribution in [2.24, 2.45) is 0 Å². The molecule has 0 spiro atoms. The monoisotopic (exact) mass is 407 g/mol. The molecule has 1 aromatic heterocycles. The number of carbonyl (C=O) groups excluding carboxylic acids is 2. The summed E-state index contributed by atoms with van der Waals surface area (Å²) in [5, 5.41) is 3.90. The zero-order chi connectivity index (χ0) is 20.5. The number of rotatable bonds is 4. The summed E-state index contributed by atoms with van der Waals surface area (Å²) in [5.41, 5.74) is 2.80. The minimum atomic E-state index is -0.0512. The molecule has 1 atom stereocenters. The van der Waals surface area contributed by atoms with Crippen molar-refractivity contribution in [1.29, 1.82) is 0 Å². The molecule has 150 valence electrons. The van der Waals surface area contributed by atoms with Crippen molar-refractivity contribution < 1.29 is 9.59 Å². The van der Waals surface area contributed by atoms with Gasteiger partial charge in [-0.05, 0) is 41.6 Å². The van der Waals surface area contributed by atoms with E-state index in [0.717, 1.165) is 32.6 Å². The summed E-state index contributed by atoms with van der Waals surface area (Å²) >= 11 is 1.53. The molecule has 1 aliphatic heterocycles. The second-order valence-corrected chi connectivity index (χ2v) is 8.65. The Hall–Kier alpha value is -2.86. The fourth-order valence-corrected chi connectivity index (χ4v) is 5.27. The lowest BCUT2D eigenvalue weighted by Crippen LogP contribution is -2.29. The van der Waals surface area contributed by atoms with Gasteiger partial charge in [-0.1, -0.05) is 24.3 Å². The summed E-state index contributed by atoms with van der Waals surface area (Å²) < 4.78 is 1.12.